The summed E-state index contributed by atoms with van der Waals surface area (Å²) in [5, 5.41) is 28.6. The SMILES string of the molecule is N#CC(=C1N=c2ccccc2=N1)c1nc(C(C#N)=C2N=c3c(F)c(F)c(F)c(F)c3=N2)nc(-c2ccc3c(c2)=N/C(=C(\C#N)c2c(F)c(F)c(F)c(F)c2F)N=3)n1. The van der Waals surface area contributed by atoms with E-state index in [1.54, 1.807) is 30.3 Å². The second-order valence-electron chi connectivity index (χ2n) is 11.5. The van der Waals surface area contributed by atoms with Crippen molar-refractivity contribution >= 4 is 16.7 Å². The van der Waals surface area contributed by atoms with Crippen LogP contribution >= 0.6 is 0 Å². The van der Waals surface area contributed by atoms with E-state index in [1.165, 1.54) is 24.3 Å². The maximum atomic E-state index is 14.7. The Morgan fingerprint density at radius 1 is 0.421 bits per heavy atom. The number of nitrogens with zero attached hydrogens (tertiary/aromatic N) is 12. The third kappa shape index (κ3) is 5.59. The second kappa shape index (κ2) is 13.2. The lowest BCUT2D eigenvalue weighted by molar-refractivity contribution is 0.376. The van der Waals surface area contributed by atoms with Crippen molar-refractivity contribution in [3.63, 3.8) is 0 Å². The molecule has 4 heterocycles. The molecule has 3 aliphatic heterocycles. The van der Waals surface area contributed by atoms with Crippen molar-refractivity contribution in [3.8, 4) is 29.6 Å². The molecule has 12 nitrogen and oxygen atoms in total. The Balaban J connectivity index is 1.35. The second-order valence-corrected chi connectivity index (χ2v) is 11.5. The summed E-state index contributed by atoms with van der Waals surface area (Å²) >= 11 is 0. The van der Waals surface area contributed by atoms with E-state index >= 15 is 0 Å². The lowest BCUT2D eigenvalue weighted by Gasteiger charge is -2.07. The number of rotatable bonds is 4. The zero-order valence-electron chi connectivity index (χ0n) is 27.3. The van der Waals surface area contributed by atoms with Crippen molar-refractivity contribution in [1.29, 1.82) is 15.8 Å². The smallest absolute Gasteiger partial charge is 0.200 e. The van der Waals surface area contributed by atoms with Crippen LogP contribution in [0.5, 0.6) is 0 Å². The number of hydrogen-bond donors (Lipinski definition) is 0. The maximum absolute atomic E-state index is 14.7. The monoisotopic (exact) mass is 778 g/mol. The summed E-state index contributed by atoms with van der Waals surface area (Å²) in [5.41, 5.74) is -3.81. The van der Waals surface area contributed by atoms with E-state index in [0.29, 0.717) is 10.7 Å². The van der Waals surface area contributed by atoms with Crippen LogP contribution in [-0.4, -0.2) is 15.0 Å². The van der Waals surface area contributed by atoms with Gasteiger partial charge in [-0.3, -0.25) is 0 Å². The van der Waals surface area contributed by atoms with Crippen LogP contribution in [0.3, 0.4) is 0 Å². The number of halogens is 9. The van der Waals surface area contributed by atoms with Crippen molar-refractivity contribution < 1.29 is 39.5 Å². The molecule has 4 aromatic carbocycles. The zero-order chi connectivity index (χ0) is 40.4. The molecule has 3 aliphatic rings. The van der Waals surface area contributed by atoms with Gasteiger partial charge in [0.1, 0.15) is 45.6 Å². The summed E-state index contributed by atoms with van der Waals surface area (Å²) in [6.07, 6.45) is 0. The van der Waals surface area contributed by atoms with E-state index in [-0.39, 0.29) is 33.5 Å². The maximum Gasteiger partial charge on any atom is 0.200 e. The summed E-state index contributed by atoms with van der Waals surface area (Å²) in [6.45, 7) is 0. The molecule has 1 aromatic heterocycles. The van der Waals surface area contributed by atoms with Gasteiger partial charge < -0.3 is 0 Å². The van der Waals surface area contributed by atoms with Crippen molar-refractivity contribution in [1.82, 2.24) is 15.0 Å². The number of allylic oxidation sites excluding steroid dienone is 3. The molecule has 0 aliphatic carbocycles. The molecule has 0 bridgehead atoms. The van der Waals surface area contributed by atoms with E-state index in [9.17, 15) is 55.3 Å². The molecule has 0 fully saturated rings. The van der Waals surface area contributed by atoms with Gasteiger partial charge in [0.2, 0.25) is 5.82 Å². The molecular formula is C36H7F9N12. The third-order valence-corrected chi connectivity index (χ3v) is 8.22. The highest BCUT2D eigenvalue weighted by molar-refractivity contribution is 5.81. The minimum absolute atomic E-state index is 0.0217. The lowest BCUT2D eigenvalue weighted by atomic mass is 10.0. The first-order valence-corrected chi connectivity index (χ1v) is 15.5. The molecule has 0 atom stereocenters. The average Bonchev–Trinajstić information content (AvgIpc) is 3.97. The molecule has 0 radical (unpaired) electrons. The molecule has 0 amide bonds. The fourth-order valence-electron chi connectivity index (χ4n) is 5.56. The van der Waals surface area contributed by atoms with Crippen molar-refractivity contribution in [2.24, 2.45) is 30.0 Å². The van der Waals surface area contributed by atoms with Crippen molar-refractivity contribution in [3.05, 3.63) is 162 Å². The van der Waals surface area contributed by atoms with Gasteiger partial charge in [-0.1, -0.05) is 12.1 Å². The van der Waals surface area contributed by atoms with Crippen LogP contribution < -0.4 is 32.1 Å². The molecular weight excluding hydrogens is 771 g/mol. The summed E-state index contributed by atoms with van der Waals surface area (Å²) in [4.78, 5) is 36.7. The molecule has 274 valence electrons. The topological polar surface area (TPSA) is 184 Å². The fraction of sp³-hybridized carbons (Fsp3) is 0. The minimum Gasteiger partial charge on any atom is -0.226 e. The molecule has 0 spiro atoms. The Morgan fingerprint density at radius 2 is 0.825 bits per heavy atom. The predicted molar refractivity (Wildman–Crippen MR) is 169 cm³/mol. The number of nitriles is 3. The Bertz CT molecular complexity index is 3280. The normalized spacial score (nSPS) is 13.9. The van der Waals surface area contributed by atoms with E-state index < -0.39 is 103 Å². The highest BCUT2D eigenvalue weighted by atomic mass is 19.2. The molecule has 0 saturated carbocycles. The Morgan fingerprint density at radius 3 is 1.32 bits per heavy atom. The zero-order valence-corrected chi connectivity index (χ0v) is 27.3. The van der Waals surface area contributed by atoms with Gasteiger partial charge in [-0.05, 0) is 30.3 Å². The molecule has 21 heteroatoms. The van der Waals surface area contributed by atoms with E-state index in [2.05, 4.69) is 44.9 Å². The van der Waals surface area contributed by atoms with E-state index in [1.807, 2.05) is 6.07 Å². The van der Waals surface area contributed by atoms with Gasteiger partial charge in [-0.25, -0.2) is 84.4 Å². The van der Waals surface area contributed by atoms with Crippen molar-refractivity contribution in [2.75, 3.05) is 0 Å². The Hall–Kier alpha value is -8.25. The molecule has 8 rings (SSSR count). The fourth-order valence-corrected chi connectivity index (χ4v) is 5.56. The number of hydrogen-bond acceptors (Lipinski definition) is 12. The highest BCUT2D eigenvalue weighted by Crippen LogP contribution is 2.31. The molecule has 5 aromatic rings. The first-order valence-electron chi connectivity index (χ1n) is 15.5. The summed E-state index contributed by atoms with van der Waals surface area (Å²) in [5.74, 6) is -23.1. The predicted octanol–water partition coefficient (Wildman–Crippen LogP) is 3.23. The summed E-state index contributed by atoms with van der Waals surface area (Å²) in [7, 11) is 0. The van der Waals surface area contributed by atoms with Gasteiger partial charge in [0.05, 0.1) is 27.0 Å². The number of aromatic nitrogens is 3. The number of fused-ring (bicyclic) bond motifs is 3. The van der Waals surface area contributed by atoms with Crippen LogP contribution in [0.4, 0.5) is 39.5 Å². The largest absolute Gasteiger partial charge is 0.226 e. The van der Waals surface area contributed by atoms with Gasteiger partial charge in [0.25, 0.3) is 0 Å². The summed E-state index contributed by atoms with van der Waals surface area (Å²) in [6, 6.07) is 15.1. The Labute approximate surface area is 308 Å². The van der Waals surface area contributed by atoms with Crippen LogP contribution in [0, 0.1) is 86.3 Å². The van der Waals surface area contributed by atoms with Gasteiger partial charge in [0, 0.05) is 5.56 Å². The number of para-hydroxylation sites is 2. The van der Waals surface area contributed by atoms with Gasteiger partial charge in [0.15, 0.2) is 81.5 Å². The Kier molecular flexibility index (Phi) is 8.31. The minimum atomic E-state index is -2.45. The van der Waals surface area contributed by atoms with Crippen LogP contribution in [-0.2, 0) is 0 Å². The van der Waals surface area contributed by atoms with Gasteiger partial charge >= 0.3 is 0 Å². The molecule has 0 N–H and O–H groups in total. The number of benzene rings is 4. The van der Waals surface area contributed by atoms with Crippen molar-refractivity contribution in [2.45, 2.75) is 0 Å². The van der Waals surface area contributed by atoms with Gasteiger partial charge in [-0.2, -0.15) is 15.8 Å². The quantitative estimate of drug-likeness (QED) is 0.117. The lowest BCUT2D eigenvalue weighted by Crippen LogP contribution is -2.32. The standard InChI is InChI=1S/C36H7F9N12/c37-20-19(21(38)23(40)24(41)22(20)39)12(8-46)32-51-17-6-5-11(7-18(17)52-32)31-55-35(13(9-47)33-49-15-3-1-2-4-16(15)50-33)57-36(56-31)14(10-48)34-53-29-27(44)25(42)26(43)28(45)30(29)54-34/h1-7H/b32-12+. The van der Waals surface area contributed by atoms with Crippen LogP contribution in [0.15, 0.2) is 89.9 Å². The van der Waals surface area contributed by atoms with E-state index in [0.717, 1.165) is 0 Å². The first-order chi connectivity index (χ1) is 27.3. The molecule has 0 saturated heterocycles. The van der Waals surface area contributed by atoms with E-state index in [4.69, 9.17) is 0 Å². The summed E-state index contributed by atoms with van der Waals surface area (Å²) < 4.78 is 128. The third-order valence-electron chi connectivity index (χ3n) is 8.22. The average molecular weight is 779 g/mol. The first kappa shape index (κ1) is 35.8. The van der Waals surface area contributed by atoms with Gasteiger partial charge in [-0.15, -0.1) is 0 Å². The van der Waals surface area contributed by atoms with Crippen LogP contribution in [0.1, 0.15) is 17.2 Å². The van der Waals surface area contributed by atoms with Crippen LogP contribution in [0.25, 0.3) is 28.1 Å². The highest BCUT2D eigenvalue weighted by Gasteiger charge is 2.31. The van der Waals surface area contributed by atoms with Crippen LogP contribution in [0.2, 0.25) is 0 Å². The molecule has 57 heavy (non-hydrogen) atoms. The molecule has 0 unspecified atom stereocenters.